The van der Waals surface area contributed by atoms with Crippen molar-refractivity contribution in [1.82, 2.24) is 4.90 Å². The van der Waals surface area contributed by atoms with Crippen molar-refractivity contribution in [2.75, 3.05) is 34.0 Å². The van der Waals surface area contributed by atoms with E-state index >= 15 is 0 Å². The summed E-state index contributed by atoms with van der Waals surface area (Å²) in [6.07, 6.45) is -0.509. The summed E-state index contributed by atoms with van der Waals surface area (Å²) in [7, 11) is 3.14. The van der Waals surface area contributed by atoms with Crippen molar-refractivity contribution in [3.05, 3.63) is 59.2 Å². The number of aliphatic hydroxyl groups is 1. The van der Waals surface area contributed by atoms with Crippen LogP contribution in [0.3, 0.4) is 0 Å². The van der Waals surface area contributed by atoms with Crippen molar-refractivity contribution in [1.29, 1.82) is 0 Å². The number of morpholine rings is 1. The van der Waals surface area contributed by atoms with Crippen LogP contribution in [0.25, 0.3) is 0 Å². The molecule has 1 heterocycles. The Kier molecular flexibility index (Phi) is 5.98. The molecule has 2 aromatic rings. The van der Waals surface area contributed by atoms with Crippen molar-refractivity contribution in [2.45, 2.75) is 19.1 Å². The molecule has 0 radical (unpaired) electrons. The number of aliphatic hydroxyl groups excluding tert-OH is 1. The summed E-state index contributed by atoms with van der Waals surface area (Å²) in [4.78, 5) is 15.0. The molecule has 1 aliphatic heterocycles. The molecule has 2 aromatic carbocycles. The zero-order chi connectivity index (χ0) is 19.4. The topological polar surface area (TPSA) is 68.2 Å². The predicted octanol–water partition coefficient (Wildman–Crippen LogP) is 2.59. The number of hydrogen-bond donors (Lipinski definition) is 1. The highest BCUT2D eigenvalue weighted by Gasteiger charge is 2.37. The van der Waals surface area contributed by atoms with Gasteiger partial charge in [-0.15, -0.1) is 0 Å². The number of methoxy groups -OCH3 is 2. The van der Waals surface area contributed by atoms with E-state index in [-0.39, 0.29) is 12.5 Å². The molecule has 1 aliphatic rings. The molecule has 0 aliphatic carbocycles. The van der Waals surface area contributed by atoms with Gasteiger partial charge in [0.05, 0.1) is 33.5 Å². The van der Waals surface area contributed by atoms with Gasteiger partial charge in [-0.1, -0.05) is 24.3 Å². The summed E-state index contributed by atoms with van der Waals surface area (Å²) in [6.45, 7) is 2.56. The molecule has 1 N–H and O–H groups in total. The van der Waals surface area contributed by atoms with Crippen LogP contribution in [0.4, 0.5) is 0 Å². The molecule has 2 atom stereocenters. The lowest BCUT2D eigenvalue weighted by atomic mass is 9.96. The number of benzene rings is 2. The number of amides is 1. The summed E-state index contributed by atoms with van der Waals surface area (Å²) in [6, 6.07) is 12.6. The lowest BCUT2D eigenvalue weighted by molar-refractivity contribution is -0.0812. The number of carbonyl (C=O) groups is 1. The van der Waals surface area contributed by atoms with Crippen LogP contribution in [-0.4, -0.2) is 56.0 Å². The minimum Gasteiger partial charge on any atom is -0.493 e. The molecule has 1 saturated heterocycles. The average molecular weight is 371 g/mol. The van der Waals surface area contributed by atoms with Gasteiger partial charge in [-0.3, -0.25) is 4.79 Å². The monoisotopic (exact) mass is 371 g/mol. The number of nitrogens with zero attached hydrogens (tertiary/aromatic N) is 1. The minimum absolute atomic E-state index is 0.0744. The Morgan fingerprint density at radius 2 is 1.93 bits per heavy atom. The van der Waals surface area contributed by atoms with Crippen molar-refractivity contribution in [3.63, 3.8) is 0 Å². The first kappa shape index (κ1) is 19.2. The predicted molar refractivity (Wildman–Crippen MR) is 101 cm³/mol. The van der Waals surface area contributed by atoms with Crippen molar-refractivity contribution in [2.24, 2.45) is 0 Å². The molecule has 1 fully saturated rings. The molecule has 0 spiro atoms. The highest BCUT2D eigenvalue weighted by molar-refractivity contribution is 5.96. The number of ether oxygens (including phenoxy) is 3. The summed E-state index contributed by atoms with van der Waals surface area (Å²) in [5.41, 5.74) is 2.40. The molecule has 2 unspecified atom stereocenters. The van der Waals surface area contributed by atoms with Crippen LogP contribution in [0.15, 0.2) is 42.5 Å². The Balaban J connectivity index is 2.02. The van der Waals surface area contributed by atoms with E-state index in [0.717, 1.165) is 11.1 Å². The number of rotatable bonds is 5. The van der Waals surface area contributed by atoms with E-state index in [1.54, 1.807) is 25.2 Å². The maximum absolute atomic E-state index is 13.3. The molecule has 6 heteroatoms. The van der Waals surface area contributed by atoms with Gasteiger partial charge in [-0.2, -0.15) is 0 Å². The van der Waals surface area contributed by atoms with Gasteiger partial charge in [0.25, 0.3) is 5.91 Å². The molecule has 1 amide bonds. The van der Waals surface area contributed by atoms with Crippen LogP contribution in [0.2, 0.25) is 0 Å². The van der Waals surface area contributed by atoms with Gasteiger partial charge < -0.3 is 24.2 Å². The molecule has 0 saturated carbocycles. The van der Waals surface area contributed by atoms with Crippen molar-refractivity contribution in [3.8, 4) is 11.5 Å². The van der Waals surface area contributed by atoms with E-state index in [1.165, 1.54) is 0 Å². The molecule has 3 rings (SSSR count). The summed E-state index contributed by atoms with van der Waals surface area (Å²) >= 11 is 0. The number of hydrogen-bond acceptors (Lipinski definition) is 5. The molecule has 0 bridgehead atoms. The number of carbonyl (C=O) groups excluding carboxylic acids is 1. The fourth-order valence-corrected chi connectivity index (χ4v) is 3.51. The molecule has 27 heavy (non-hydrogen) atoms. The average Bonchev–Trinajstić information content (AvgIpc) is 2.72. The van der Waals surface area contributed by atoms with Crippen LogP contribution in [0.1, 0.15) is 27.5 Å². The normalized spacial score (nSPS) is 19.6. The SMILES string of the molecule is COc1ccc(C2C(CO)OCCN2C(=O)c2ccccc2C)cc1OC. The van der Waals surface area contributed by atoms with Gasteiger partial charge in [0, 0.05) is 12.1 Å². The Labute approximate surface area is 159 Å². The van der Waals surface area contributed by atoms with Gasteiger partial charge in [0.15, 0.2) is 11.5 Å². The molecule has 144 valence electrons. The summed E-state index contributed by atoms with van der Waals surface area (Å²) in [5, 5.41) is 9.86. The minimum atomic E-state index is -0.509. The van der Waals surface area contributed by atoms with Crippen LogP contribution in [0.5, 0.6) is 11.5 Å². The van der Waals surface area contributed by atoms with E-state index < -0.39 is 12.1 Å². The lowest BCUT2D eigenvalue weighted by Crippen LogP contribution is -2.49. The fourth-order valence-electron chi connectivity index (χ4n) is 3.51. The highest BCUT2D eigenvalue weighted by Crippen LogP contribution is 2.36. The van der Waals surface area contributed by atoms with Crippen molar-refractivity contribution >= 4 is 5.91 Å². The van der Waals surface area contributed by atoms with Gasteiger partial charge in [-0.05, 0) is 36.2 Å². The zero-order valence-electron chi connectivity index (χ0n) is 15.8. The molecular weight excluding hydrogens is 346 g/mol. The van der Waals surface area contributed by atoms with E-state index in [9.17, 15) is 9.90 Å². The van der Waals surface area contributed by atoms with Gasteiger partial charge >= 0.3 is 0 Å². The largest absolute Gasteiger partial charge is 0.493 e. The van der Waals surface area contributed by atoms with Crippen LogP contribution in [-0.2, 0) is 4.74 Å². The lowest BCUT2D eigenvalue weighted by Gasteiger charge is -2.41. The van der Waals surface area contributed by atoms with Gasteiger partial charge in [0.1, 0.15) is 6.10 Å². The second kappa shape index (κ2) is 8.41. The summed E-state index contributed by atoms with van der Waals surface area (Å²) < 4.78 is 16.5. The number of aryl methyl sites for hydroxylation is 1. The molecule has 0 aromatic heterocycles. The maximum Gasteiger partial charge on any atom is 0.254 e. The van der Waals surface area contributed by atoms with Gasteiger partial charge in [0.2, 0.25) is 0 Å². The Bertz CT molecular complexity index is 807. The van der Waals surface area contributed by atoms with E-state index in [0.29, 0.717) is 30.2 Å². The smallest absolute Gasteiger partial charge is 0.254 e. The van der Waals surface area contributed by atoms with Crippen LogP contribution < -0.4 is 9.47 Å². The first-order chi connectivity index (χ1) is 13.1. The van der Waals surface area contributed by atoms with E-state index in [2.05, 4.69) is 0 Å². The van der Waals surface area contributed by atoms with E-state index in [4.69, 9.17) is 14.2 Å². The second-order valence-corrected chi connectivity index (χ2v) is 6.46. The summed E-state index contributed by atoms with van der Waals surface area (Å²) in [5.74, 6) is 1.10. The second-order valence-electron chi connectivity index (χ2n) is 6.46. The maximum atomic E-state index is 13.3. The first-order valence-electron chi connectivity index (χ1n) is 8.91. The zero-order valence-corrected chi connectivity index (χ0v) is 15.8. The first-order valence-corrected chi connectivity index (χ1v) is 8.91. The van der Waals surface area contributed by atoms with E-state index in [1.807, 2.05) is 43.3 Å². The third-order valence-electron chi connectivity index (χ3n) is 4.92. The van der Waals surface area contributed by atoms with Gasteiger partial charge in [-0.25, -0.2) is 0 Å². The Hall–Kier alpha value is -2.57. The third kappa shape index (κ3) is 3.77. The molecular formula is C21H25NO5. The highest BCUT2D eigenvalue weighted by atomic mass is 16.5. The van der Waals surface area contributed by atoms with Crippen LogP contribution >= 0.6 is 0 Å². The molecule has 6 nitrogen and oxygen atoms in total. The standard InChI is InChI=1S/C21H25NO5/c1-14-6-4-5-7-16(14)21(24)22-10-11-27-19(13-23)20(22)15-8-9-17(25-2)18(12-15)26-3/h4-9,12,19-20,23H,10-11,13H2,1-3H3. The Morgan fingerprint density at radius 1 is 1.19 bits per heavy atom. The van der Waals surface area contributed by atoms with Crippen LogP contribution in [0, 0.1) is 6.92 Å². The quantitative estimate of drug-likeness (QED) is 0.875. The van der Waals surface area contributed by atoms with Crippen molar-refractivity contribution < 1.29 is 24.1 Å². The fraction of sp³-hybridized carbons (Fsp3) is 0.381. The Morgan fingerprint density at radius 3 is 2.59 bits per heavy atom. The third-order valence-corrected chi connectivity index (χ3v) is 4.92.